The van der Waals surface area contributed by atoms with E-state index in [4.69, 9.17) is 4.74 Å². The molecular formula is C14H18N2OS. The number of ether oxygens (including phenoxy) is 1. The Labute approximate surface area is 111 Å². The number of hydrogen-bond acceptors (Lipinski definition) is 4. The number of fused-ring (bicyclic) bond motifs is 1. The van der Waals surface area contributed by atoms with E-state index in [0.29, 0.717) is 5.92 Å². The first-order valence-corrected chi connectivity index (χ1v) is 7.32. The van der Waals surface area contributed by atoms with Crippen molar-refractivity contribution in [1.82, 2.24) is 4.98 Å². The number of rotatable bonds is 3. The van der Waals surface area contributed by atoms with E-state index in [2.05, 4.69) is 35.4 Å². The Bertz CT molecular complexity index is 532. The molecule has 2 aromatic rings. The van der Waals surface area contributed by atoms with Gasteiger partial charge in [0.25, 0.3) is 0 Å². The summed E-state index contributed by atoms with van der Waals surface area (Å²) in [7, 11) is 0. The first kappa shape index (κ1) is 11.9. The maximum absolute atomic E-state index is 5.49. The summed E-state index contributed by atoms with van der Waals surface area (Å²) < 4.78 is 6.74. The molecule has 3 nitrogen and oxygen atoms in total. The number of nitrogens with zero attached hydrogens (tertiary/aromatic N) is 1. The third kappa shape index (κ3) is 2.65. The summed E-state index contributed by atoms with van der Waals surface area (Å²) in [6.07, 6.45) is 2.45. The van der Waals surface area contributed by atoms with Crippen LogP contribution in [0.1, 0.15) is 18.4 Å². The van der Waals surface area contributed by atoms with Crippen LogP contribution in [0.3, 0.4) is 0 Å². The summed E-state index contributed by atoms with van der Waals surface area (Å²) >= 11 is 1.73. The van der Waals surface area contributed by atoms with Gasteiger partial charge >= 0.3 is 0 Å². The van der Waals surface area contributed by atoms with Crippen molar-refractivity contribution < 1.29 is 4.74 Å². The molecule has 0 aliphatic carbocycles. The number of aromatic nitrogens is 1. The topological polar surface area (TPSA) is 34.1 Å². The predicted molar refractivity (Wildman–Crippen MR) is 76.4 cm³/mol. The van der Waals surface area contributed by atoms with E-state index < -0.39 is 0 Å². The minimum Gasteiger partial charge on any atom is -0.381 e. The highest BCUT2D eigenvalue weighted by Gasteiger charge is 2.14. The molecule has 3 rings (SSSR count). The van der Waals surface area contributed by atoms with Crippen LogP contribution in [0.4, 0.5) is 5.13 Å². The van der Waals surface area contributed by atoms with Crippen LogP contribution in [0.2, 0.25) is 0 Å². The van der Waals surface area contributed by atoms with Crippen molar-refractivity contribution in [3.63, 3.8) is 0 Å². The van der Waals surface area contributed by atoms with Crippen molar-refractivity contribution in [2.75, 3.05) is 25.1 Å². The second-order valence-electron chi connectivity index (χ2n) is 4.95. The summed E-state index contributed by atoms with van der Waals surface area (Å²) in [5, 5.41) is 4.48. The van der Waals surface area contributed by atoms with Gasteiger partial charge in [-0.2, -0.15) is 0 Å². The fraction of sp³-hybridized carbons (Fsp3) is 0.500. The Hall–Kier alpha value is -1.13. The number of anilines is 1. The Morgan fingerprint density at radius 1 is 1.50 bits per heavy atom. The molecule has 0 amide bonds. The molecule has 2 heterocycles. The van der Waals surface area contributed by atoms with Gasteiger partial charge in [-0.15, -0.1) is 0 Å². The first-order chi connectivity index (χ1) is 8.81. The Balaban J connectivity index is 1.67. The van der Waals surface area contributed by atoms with Gasteiger partial charge < -0.3 is 10.1 Å². The zero-order valence-corrected chi connectivity index (χ0v) is 11.4. The van der Waals surface area contributed by atoms with Crippen molar-refractivity contribution in [3.8, 4) is 0 Å². The summed E-state index contributed by atoms with van der Waals surface area (Å²) in [6, 6.07) is 6.43. The van der Waals surface area contributed by atoms with E-state index in [1.807, 2.05) is 0 Å². The highest BCUT2D eigenvalue weighted by Crippen LogP contribution is 2.27. The van der Waals surface area contributed by atoms with Crippen molar-refractivity contribution in [1.29, 1.82) is 0 Å². The van der Waals surface area contributed by atoms with Gasteiger partial charge in [0.05, 0.1) is 16.8 Å². The summed E-state index contributed by atoms with van der Waals surface area (Å²) in [5.74, 6) is 0.632. The van der Waals surface area contributed by atoms with E-state index in [0.717, 1.165) is 30.4 Å². The molecule has 1 unspecified atom stereocenters. The fourth-order valence-electron chi connectivity index (χ4n) is 2.31. The molecule has 0 radical (unpaired) electrons. The molecule has 1 N–H and O–H groups in total. The van der Waals surface area contributed by atoms with E-state index in [9.17, 15) is 0 Å². The van der Waals surface area contributed by atoms with Crippen molar-refractivity contribution in [2.24, 2.45) is 5.92 Å². The third-order valence-electron chi connectivity index (χ3n) is 3.34. The highest BCUT2D eigenvalue weighted by molar-refractivity contribution is 7.22. The lowest BCUT2D eigenvalue weighted by Gasteiger charge is -2.21. The fourth-order valence-corrected chi connectivity index (χ4v) is 3.17. The Morgan fingerprint density at radius 3 is 3.28 bits per heavy atom. The van der Waals surface area contributed by atoms with Gasteiger partial charge in [-0.25, -0.2) is 4.98 Å². The molecule has 0 saturated carbocycles. The molecule has 1 aromatic carbocycles. The molecule has 4 heteroatoms. The van der Waals surface area contributed by atoms with E-state index >= 15 is 0 Å². The highest BCUT2D eigenvalue weighted by atomic mass is 32.1. The number of benzene rings is 1. The van der Waals surface area contributed by atoms with Gasteiger partial charge in [-0.05, 0) is 43.4 Å². The predicted octanol–water partition coefficient (Wildman–Crippen LogP) is 3.44. The number of aryl methyl sites for hydroxylation is 1. The van der Waals surface area contributed by atoms with E-state index in [-0.39, 0.29) is 0 Å². The zero-order valence-electron chi connectivity index (χ0n) is 10.6. The van der Waals surface area contributed by atoms with Gasteiger partial charge in [0, 0.05) is 13.2 Å². The van der Waals surface area contributed by atoms with Crippen LogP contribution in [0.25, 0.3) is 10.2 Å². The summed E-state index contributed by atoms with van der Waals surface area (Å²) in [4.78, 5) is 4.62. The normalized spacial score (nSPS) is 20.2. The van der Waals surface area contributed by atoms with E-state index in [1.165, 1.54) is 23.1 Å². The standard InChI is InChI=1S/C14H18N2OS/c1-10-4-5-13-12(7-10)16-14(18-13)15-8-11-3-2-6-17-9-11/h4-5,7,11H,2-3,6,8-9H2,1H3,(H,15,16). The van der Waals surface area contributed by atoms with Crippen LogP contribution in [-0.2, 0) is 4.74 Å². The second-order valence-corrected chi connectivity index (χ2v) is 5.98. The third-order valence-corrected chi connectivity index (χ3v) is 4.33. The van der Waals surface area contributed by atoms with Crippen LogP contribution in [-0.4, -0.2) is 24.7 Å². The number of nitrogens with one attached hydrogen (secondary N) is 1. The van der Waals surface area contributed by atoms with Crippen molar-refractivity contribution in [2.45, 2.75) is 19.8 Å². The lowest BCUT2D eigenvalue weighted by molar-refractivity contribution is 0.0595. The molecule has 18 heavy (non-hydrogen) atoms. The van der Waals surface area contributed by atoms with Crippen molar-refractivity contribution in [3.05, 3.63) is 23.8 Å². The molecule has 1 aromatic heterocycles. The Morgan fingerprint density at radius 2 is 2.44 bits per heavy atom. The first-order valence-electron chi connectivity index (χ1n) is 6.50. The maximum Gasteiger partial charge on any atom is 0.183 e. The molecule has 0 spiro atoms. The molecular weight excluding hydrogens is 244 g/mol. The number of thiazole rings is 1. The van der Waals surface area contributed by atoms with E-state index in [1.54, 1.807) is 11.3 Å². The van der Waals surface area contributed by atoms with Gasteiger partial charge in [0.2, 0.25) is 0 Å². The minimum atomic E-state index is 0.632. The minimum absolute atomic E-state index is 0.632. The van der Waals surface area contributed by atoms with Crippen LogP contribution < -0.4 is 5.32 Å². The van der Waals surface area contributed by atoms with Gasteiger partial charge in [0.15, 0.2) is 5.13 Å². The SMILES string of the molecule is Cc1ccc2sc(NCC3CCCOC3)nc2c1. The smallest absolute Gasteiger partial charge is 0.183 e. The molecule has 96 valence electrons. The molecule has 1 atom stereocenters. The average Bonchev–Trinajstić information content (AvgIpc) is 2.79. The van der Waals surface area contributed by atoms with Crippen LogP contribution in [0.15, 0.2) is 18.2 Å². The molecule has 1 aliphatic heterocycles. The van der Waals surface area contributed by atoms with Gasteiger partial charge in [-0.1, -0.05) is 17.4 Å². The van der Waals surface area contributed by atoms with Gasteiger partial charge in [0.1, 0.15) is 0 Å². The molecule has 0 bridgehead atoms. The van der Waals surface area contributed by atoms with Crippen LogP contribution in [0, 0.1) is 12.8 Å². The summed E-state index contributed by atoms with van der Waals surface area (Å²) in [5.41, 5.74) is 2.36. The van der Waals surface area contributed by atoms with Crippen LogP contribution >= 0.6 is 11.3 Å². The Kier molecular flexibility index (Phi) is 3.48. The van der Waals surface area contributed by atoms with Crippen LogP contribution in [0.5, 0.6) is 0 Å². The number of hydrogen-bond donors (Lipinski definition) is 1. The van der Waals surface area contributed by atoms with Crippen molar-refractivity contribution >= 4 is 26.7 Å². The molecule has 1 fully saturated rings. The average molecular weight is 262 g/mol. The summed E-state index contributed by atoms with van der Waals surface area (Å²) in [6.45, 7) is 4.89. The van der Waals surface area contributed by atoms with Gasteiger partial charge in [-0.3, -0.25) is 0 Å². The largest absolute Gasteiger partial charge is 0.381 e. The quantitative estimate of drug-likeness (QED) is 0.920. The monoisotopic (exact) mass is 262 g/mol. The molecule has 1 aliphatic rings. The maximum atomic E-state index is 5.49. The lowest BCUT2D eigenvalue weighted by atomic mass is 10.0. The second kappa shape index (κ2) is 5.24. The lowest BCUT2D eigenvalue weighted by Crippen LogP contribution is -2.24. The molecule has 1 saturated heterocycles. The zero-order chi connectivity index (χ0) is 12.4.